The molecule has 40 heavy (non-hydrogen) atoms. The van der Waals surface area contributed by atoms with Gasteiger partial charge in [-0.3, -0.25) is 0 Å². The highest BCUT2D eigenvalue weighted by Gasteiger charge is 2.26. The lowest BCUT2D eigenvalue weighted by atomic mass is 9.87. The fraction of sp³-hybridized carbons (Fsp3) is 0. The SMILES string of the molecule is N#Cc1ccc(-c2c3sc4ccccc4c3c(-c3ccc(C#N)cc3C#N)c3sc4ccccc4c23)c(C#N)c1. The van der Waals surface area contributed by atoms with Gasteiger partial charge in [-0.2, -0.15) is 21.0 Å². The first-order valence-electron chi connectivity index (χ1n) is 12.3. The molecule has 4 nitrogen and oxygen atoms in total. The molecule has 0 radical (unpaired) electrons. The Kier molecular flexibility index (Phi) is 5.35. The zero-order valence-electron chi connectivity index (χ0n) is 20.7. The second-order valence-electron chi connectivity index (χ2n) is 9.32. The van der Waals surface area contributed by atoms with E-state index in [0.717, 1.165) is 62.6 Å². The van der Waals surface area contributed by atoms with Gasteiger partial charge in [0.2, 0.25) is 0 Å². The van der Waals surface area contributed by atoms with Crippen molar-refractivity contribution in [2.45, 2.75) is 0 Å². The molecule has 0 atom stereocenters. The summed E-state index contributed by atoms with van der Waals surface area (Å²) in [5.41, 5.74) is 5.23. The summed E-state index contributed by atoms with van der Waals surface area (Å²) in [4.78, 5) is 0. The van der Waals surface area contributed by atoms with Gasteiger partial charge < -0.3 is 0 Å². The largest absolute Gasteiger partial charge is 0.192 e. The minimum atomic E-state index is 0.437. The molecule has 2 heterocycles. The van der Waals surface area contributed by atoms with Crippen molar-refractivity contribution in [3.8, 4) is 46.5 Å². The van der Waals surface area contributed by atoms with Crippen molar-refractivity contribution in [1.29, 1.82) is 21.0 Å². The standard InChI is InChI=1S/C34H14N4S2/c35-15-19-9-11-23(21(13-19)17-37)29-31-25-5-1-3-7-27(25)39-33(31)30(24-12-10-20(16-36)14-22(24)18-38)32-26-6-2-4-8-28(26)40-34(29)32/h1-14H. The molecule has 0 amide bonds. The number of hydrogen-bond acceptors (Lipinski definition) is 6. The minimum Gasteiger partial charge on any atom is -0.192 e. The van der Waals surface area contributed by atoms with E-state index in [-0.39, 0.29) is 0 Å². The van der Waals surface area contributed by atoms with Crippen LogP contribution in [0.2, 0.25) is 0 Å². The van der Waals surface area contributed by atoms with Crippen LogP contribution in [0.1, 0.15) is 22.3 Å². The van der Waals surface area contributed by atoms with Crippen LogP contribution in [0.25, 0.3) is 62.6 Å². The highest BCUT2D eigenvalue weighted by molar-refractivity contribution is 7.28. The first-order valence-corrected chi connectivity index (χ1v) is 14.0. The number of thiophene rings is 2. The maximum Gasteiger partial charge on any atom is 0.0998 e. The topological polar surface area (TPSA) is 95.2 Å². The van der Waals surface area contributed by atoms with Crippen molar-refractivity contribution in [2.75, 3.05) is 0 Å². The van der Waals surface area contributed by atoms with Crippen LogP contribution in [0.5, 0.6) is 0 Å². The molecule has 7 rings (SSSR count). The van der Waals surface area contributed by atoms with Crippen LogP contribution in [-0.2, 0) is 0 Å². The molecular formula is C34H14N4S2. The Bertz CT molecular complexity index is 2210. The molecule has 0 aliphatic carbocycles. The lowest BCUT2D eigenvalue weighted by molar-refractivity contribution is 1.45. The van der Waals surface area contributed by atoms with E-state index in [1.54, 1.807) is 46.9 Å². The molecule has 0 saturated heterocycles. The Labute approximate surface area is 237 Å². The normalized spacial score (nSPS) is 10.9. The predicted molar refractivity (Wildman–Crippen MR) is 162 cm³/mol. The smallest absolute Gasteiger partial charge is 0.0998 e. The summed E-state index contributed by atoms with van der Waals surface area (Å²) in [5.74, 6) is 0. The van der Waals surface area contributed by atoms with Crippen molar-refractivity contribution < 1.29 is 0 Å². The zero-order valence-corrected chi connectivity index (χ0v) is 22.3. The van der Waals surface area contributed by atoms with E-state index >= 15 is 0 Å². The second-order valence-corrected chi connectivity index (χ2v) is 11.4. The molecule has 0 saturated carbocycles. The Hall–Kier alpha value is -5.50. The molecule has 7 aromatic rings. The monoisotopic (exact) mass is 542 g/mol. The molecule has 2 aromatic heterocycles. The molecule has 0 fully saturated rings. The average Bonchev–Trinajstić information content (AvgIpc) is 3.58. The third kappa shape index (κ3) is 3.32. The van der Waals surface area contributed by atoms with E-state index in [1.165, 1.54) is 0 Å². The maximum atomic E-state index is 10.2. The first kappa shape index (κ1) is 23.6. The van der Waals surface area contributed by atoms with Gasteiger partial charge in [-0.05, 0) is 36.4 Å². The third-order valence-electron chi connectivity index (χ3n) is 7.22. The zero-order chi connectivity index (χ0) is 27.4. The van der Waals surface area contributed by atoms with Gasteiger partial charge in [-0.25, -0.2) is 0 Å². The summed E-state index contributed by atoms with van der Waals surface area (Å²) < 4.78 is 4.23. The predicted octanol–water partition coefficient (Wildman–Crippen LogP) is 9.24. The number of fused-ring (bicyclic) bond motifs is 6. The molecule has 0 unspecified atom stereocenters. The van der Waals surface area contributed by atoms with Crippen molar-refractivity contribution >= 4 is 63.0 Å². The quantitative estimate of drug-likeness (QED) is 0.217. The van der Waals surface area contributed by atoms with Crippen molar-refractivity contribution in [3.05, 3.63) is 107 Å². The Balaban J connectivity index is 1.80. The van der Waals surface area contributed by atoms with E-state index < -0.39 is 0 Å². The third-order valence-corrected chi connectivity index (χ3v) is 9.60. The minimum absolute atomic E-state index is 0.437. The molecule has 5 aromatic carbocycles. The molecule has 0 aliphatic heterocycles. The summed E-state index contributed by atoms with van der Waals surface area (Å²) in [5, 5.41) is 43.6. The Morgan fingerprint density at radius 3 is 1.30 bits per heavy atom. The van der Waals surface area contributed by atoms with Gasteiger partial charge >= 0.3 is 0 Å². The van der Waals surface area contributed by atoms with Crippen LogP contribution >= 0.6 is 22.7 Å². The highest BCUT2D eigenvalue weighted by atomic mass is 32.1. The molecule has 182 valence electrons. The van der Waals surface area contributed by atoms with Crippen LogP contribution < -0.4 is 0 Å². The number of nitriles is 4. The van der Waals surface area contributed by atoms with Crippen LogP contribution in [0, 0.1) is 45.3 Å². The van der Waals surface area contributed by atoms with E-state index in [4.69, 9.17) is 0 Å². The van der Waals surface area contributed by atoms with Crippen LogP contribution in [0.4, 0.5) is 0 Å². The average molecular weight is 543 g/mol. The molecule has 0 spiro atoms. The van der Waals surface area contributed by atoms with Crippen LogP contribution in [0.15, 0.2) is 84.9 Å². The number of nitrogens with zero attached hydrogens (tertiary/aromatic N) is 4. The summed E-state index contributed by atoms with van der Waals surface area (Å²) in [6.07, 6.45) is 0. The summed E-state index contributed by atoms with van der Waals surface area (Å²) in [6, 6.07) is 36.0. The fourth-order valence-electron chi connectivity index (χ4n) is 5.53. The van der Waals surface area contributed by atoms with Crippen molar-refractivity contribution in [1.82, 2.24) is 0 Å². The Morgan fingerprint density at radius 1 is 0.475 bits per heavy atom. The fourth-order valence-corrected chi connectivity index (χ4v) is 8.08. The van der Waals surface area contributed by atoms with Gasteiger partial charge in [-0.1, -0.05) is 48.5 Å². The first-order chi connectivity index (χ1) is 19.7. The maximum absolute atomic E-state index is 10.2. The second kappa shape index (κ2) is 9.06. The molecule has 0 N–H and O–H groups in total. The Morgan fingerprint density at radius 2 is 0.900 bits per heavy atom. The van der Waals surface area contributed by atoms with Gasteiger partial charge in [0.15, 0.2) is 0 Å². The molecule has 6 heteroatoms. The van der Waals surface area contributed by atoms with Gasteiger partial charge in [-0.15, -0.1) is 22.7 Å². The van der Waals surface area contributed by atoms with E-state index in [9.17, 15) is 21.0 Å². The van der Waals surface area contributed by atoms with Gasteiger partial charge in [0.05, 0.1) is 46.5 Å². The van der Waals surface area contributed by atoms with Gasteiger partial charge in [0.25, 0.3) is 0 Å². The number of hydrogen-bond donors (Lipinski definition) is 0. The van der Waals surface area contributed by atoms with Crippen molar-refractivity contribution in [2.24, 2.45) is 0 Å². The van der Waals surface area contributed by atoms with E-state index in [0.29, 0.717) is 22.3 Å². The highest BCUT2D eigenvalue weighted by Crippen LogP contribution is 2.54. The summed E-state index contributed by atoms with van der Waals surface area (Å²) >= 11 is 3.33. The lowest BCUT2D eigenvalue weighted by Gasteiger charge is -2.15. The number of rotatable bonds is 2. The van der Waals surface area contributed by atoms with Crippen molar-refractivity contribution in [3.63, 3.8) is 0 Å². The molecular weight excluding hydrogens is 529 g/mol. The summed E-state index contributed by atoms with van der Waals surface area (Å²) in [6.45, 7) is 0. The lowest BCUT2D eigenvalue weighted by Crippen LogP contribution is -1.92. The van der Waals surface area contributed by atoms with Crippen LogP contribution in [0.3, 0.4) is 0 Å². The van der Waals surface area contributed by atoms with Gasteiger partial charge in [0.1, 0.15) is 0 Å². The van der Waals surface area contributed by atoms with E-state index in [1.807, 2.05) is 36.4 Å². The molecule has 0 aliphatic rings. The molecule has 0 bridgehead atoms. The van der Waals surface area contributed by atoms with E-state index in [2.05, 4.69) is 48.5 Å². The summed E-state index contributed by atoms with van der Waals surface area (Å²) in [7, 11) is 0. The van der Waals surface area contributed by atoms with Crippen LogP contribution in [-0.4, -0.2) is 0 Å². The van der Waals surface area contributed by atoms with Gasteiger partial charge in [0, 0.05) is 62.6 Å². The number of benzene rings is 5.